The summed E-state index contributed by atoms with van der Waals surface area (Å²) in [6.45, 7) is 2.80. The summed E-state index contributed by atoms with van der Waals surface area (Å²) in [5.41, 5.74) is 2.36. The van der Waals surface area contributed by atoms with Crippen LogP contribution in [-0.4, -0.2) is 44.7 Å². The zero-order chi connectivity index (χ0) is 17.7. The van der Waals surface area contributed by atoms with Crippen molar-refractivity contribution in [3.05, 3.63) is 60.4 Å². The van der Waals surface area contributed by atoms with Crippen LogP contribution in [0.2, 0.25) is 0 Å². The fourth-order valence-electron chi connectivity index (χ4n) is 2.57. The zero-order valence-electron chi connectivity index (χ0n) is 15.3. The molecule has 134 valence electrons. The first-order valence-corrected chi connectivity index (χ1v) is 8.90. The van der Waals surface area contributed by atoms with Crippen molar-refractivity contribution in [3.63, 3.8) is 0 Å². The van der Waals surface area contributed by atoms with Gasteiger partial charge in [0.2, 0.25) is 0 Å². The molecule has 5 heteroatoms. The summed E-state index contributed by atoms with van der Waals surface area (Å²) >= 11 is 0. The molecule has 0 fully saturated rings. The summed E-state index contributed by atoms with van der Waals surface area (Å²) in [5.74, 6) is 0.854. The molecular formula is C20H29N5. The van der Waals surface area contributed by atoms with Crippen LogP contribution in [0.1, 0.15) is 18.5 Å². The fraction of sp³-hybridized carbons (Fsp3) is 0.400. The number of pyridine rings is 1. The average molecular weight is 339 g/mol. The van der Waals surface area contributed by atoms with Crippen LogP contribution in [0.4, 0.5) is 5.69 Å². The number of nitrogens with zero attached hydrogens (tertiary/aromatic N) is 3. The predicted octanol–water partition coefficient (Wildman–Crippen LogP) is 2.71. The van der Waals surface area contributed by atoms with Gasteiger partial charge in [-0.2, -0.15) is 0 Å². The molecule has 2 rings (SSSR count). The third-order valence-electron chi connectivity index (χ3n) is 4.03. The summed E-state index contributed by atoms with van der Waals surface area (Å²) < 4.78 is 0. The van der Waals surface area contributed by atoms with Gasteiger partial charge in [0.05, 0.1) is 0 Å². The van der Waals surface area contributed by atoms with Crippen molar-refractivity contribution in [2.45, 2.75) is 19.3 Å². The van der Waals surface area contributed by atoms with E-state index < -0.39 is 0 Å². The largest absolute Gasteiger partial charge is 0.375 e. The van der Waals surface area contributed by atoms with E-state index in [1.807, 2.05) is 30.5 Å². The lowest BCUT2D eigenvalue weighted by Crippen LogP contribution is -2.39. The molecule has 25 heavy (non-hydrogen) atoms. The number of para-hydroxylation sites is 1. The number of aromatic nitrogens is 1. The third-order valence-corrected chi connectivity index (χ3v) is 4.03. The second-order valence-corrected chi connectivity index (χ2v) is 5.96. The first kappa shape index (κ1) is 18.8. The molecule has 0 amide bonds. The van der Waals surface area contributed by atoms with E-state index in [1.165, 1.54) is 5.69 Å². The normalized spacial score (nSPS) is 11.2. The van der Waals surface area contributed by atoms with Crippen LogP contribution in [-0.2, 0) is 6.42 Å². The van der Waals surface area contributed by atoms with Crippen molar-refractivity contribution in [1.29, 1.82) is 0 Å². The average Bonchev–Trinajstić information content (AvgIpc) is 2.67. The molecule has 0 unspecified atom stereocenters. The molecule has 1 aromatic heterocycles. The van der Waals surface area contributed by atoms with Gasteiger partial charge in [0.15, 0.2) is 5.96 Å². The number of aliphatic imine (C=N–C) groups is 1. The summed E-state index contributed by atoms with van der Waals surface area (Å²) in [6.07, 6.45) is 4.97. The van der Waals surface area contributed by atoms with Gasteiger partial charge in [-0.05, 0) is 37.1 Å². The molecule has 0 radical (unpaired) electrons. The number of anilines is 1. The third kappa shape index (κ3) is 7.25. The summed E-state index contributed by atoms with van der Waals surface area (Å²) in [6, 6.07) is 16.5. The molecule has 1 aromatic carbocycles. The Labute approximate surface area is 151 Å². The van der Waals surface area contributed by atoms with Crippen LogP contribution in [0.3, 0.4) is 0 Å². The first-order chi connectivity index (χ1) is 12.3. The number of benzene rings is 1. The maximum Gasteiger partial charge on any atom is 0.190 e. The van der Waals surface area contributed by atoms with Crippen molar-refractivity contribution < 1.29 is 0 Å². The second kappa shape index (κ2) is 11.1. The predicted molar refractivity (Wildman–Crippen MR) is 106 cm³/mol. The van der Waals surface area contributed by atoms with Gasteiger partial charge in [0, 0.05) is 57.7 Å². The van der Waals surface area contributed by atoms with Crippen LogP contribution in [0, 0.1) is 0 Å². The number of nitrogens with one attached hydrogen (secondary N) is 2. The lowest BCUT2D eigenvalue weighted by atomic mass is 10.2. The van der Waals surface area contributed by atoms with Crippen LogP contribution in [0.15, 0.2) is 59.7 Å². The second-order valence-electron chi connectivity index (χ2n) is 5.96. The summed E-state index contributed by atoms with van der Waals surface area (Å²) in [4.78, 5) is 10.9. The molecule has 0 bridgehead atoms. The van der Waals surface area contributed by atoms with E-state index in [1.54, 1.807) is 7.05 Å². The van der Waals surface area contributed by atoms with Gasteiger partial charge in [-0.3, -0.25) is 9.98 Å². The van der Waals surface area contributed by atoms with Crippen LogP contribution in [0.5, 0.6) is 0 Å². The smallest absolute Gasteiger partial charge is 0.190 e. The Morgan fingerprint density at radius 2 is 1.76 bits per heavy atom. The molecule has 0 aliphatic rings. The van der Waals surface area contributed by atoms with Crippen molar-refractivity contribution >= 4 is 11.6 Å². The van der Waals surface area contributed by atoms with Crippen molar-refractivity contribution in [2.24, 2.45) is 4.99 Å². The highest BCUT2D eigenvalue weighted by atomic mass is 15.2. The van der Waals surface area contributed by atoms with Crippen molar-refractivity contribution in [2.75, 3.05) is 38.6 Å². The Morgan fingerprint density at radius 1 is 1.00 bits per heavy atom. The maximum atomic E-state index is 4.32. The Morgan fingerprint density at radius 3 is 2.48 bits per heavy atom. The van der Waals surface area contributed by atoms with Gasteiger partial charge in [-0.15, -0.1) is 0 Å². The van der Waals surface area contributed by atoms with E-state index >= 15 is 0 Å². The highest BCUT2D eigenvalue weighted by Crippen LogP contribution is 2.11. The molecule has 1 heterocycles. The van der Waals surface area contributed by atoms with E-state index in [-0.39, 0.29) is 0 Å². The fourth-order valence-corrected chi connectivity index (χ4v) is 2.57. The van der Waals surface area contributed by atoms with Gasteiger partial charge >= 0.3 is 0 Å². The highest BCUT2D eigenvalue weighted by Gasteiger charge is 2.01. The van der Waals surface area contributed by atoms with E-state index in [2.05, 4.69) is 56.8 Å². The molecule has 2 aromatic rings. The zero-order valence-corrected chi connectivity index (χ0v) is 15.3. The standard InChI is InChI=1S/C20H29N5/c1-21-20(24-16-13-18-10-6-7-14-22-18)23-15-8-9-17-25(2)19-11-4-3-5-12-19/h3-7,10-12,14H,8-9,13,15-17H2,1-2H3,(H2,21,23,24). The lowest BCUT2D eigenvalue weighted by Gasteiger charge is -2.19. The van der Waals surface area contributed by atoms with Crippen molar-refractivity contribution in [1.82, 2.24) is 15.6 Å². The minimum Gasteiger partial charge on any atom is -0.375 e. The molecule has 0 spiro atoms. The molecule has 0 aliphatic heterocycles. The van der Waals surface area contributed by atoms with Gasteiger partial charge < -0.3 is 15.5 Å². The monoisotopic (exact) mass is 339 g/mol. The molecule has 0 saturated heterocycles. The molecule has 5 nitrogen and oxygen atoms in total. The van der Waals surface area contributed by atoms with Crippen LogP contribution < -0.4 is 15.5 Å². The van der Waals surface area contributed by atoms with E-state index in [0.29, 0.717) is 0 Å². The van der Waals surface area contributed by atoms with Gasteiger partial charge in [0.25, 0.3) is 0 Å². The minimum absolute atomic E-state index is 0.827. The first-order valence-electron chi connectivity index (χ1n) is 8.90. The number of rotatable bonds is 9. The topological polar surface area (TPSA) is 52.6 Å². The number of guanidine groups is 1. The lowest BCUT2D eigenvalue weighted by molar-refractivity contribution is 0.685. The van der Waals surface area contributed by atoms with Gasteiger partial charge in [-0.1, -0.05) is 24.3 Å². The van der Waals surface area contributed by atoms with Crippen molar-refractivity contribution in [3.8, 4) is 0 Å². The quantitative estimate of drug-likeness (QED) is 0.419. The van der Waals surface area contributed by atoms with Crippen LogP contribution in [0.25, 0.3) is 0 Å². The van der Waals surface area contributed by atoms with E-state index in [0.717, 1.165) is 50.6 Å². The number of hydrogen-bond donors (Lipinski definition) is 2. The van der Waals surface area contributed by atoms with E-state index in [9.17, 15) is 0 Å². The van der Waals surface area contributed by atoms with Crippen LogP contribution >= 0.6 is 0 Å². The Bertz CT molecular complexity index is 612. The highest BCUT2D eigenvalue weighted by molar-refractivity contribution is 5.79. The molecule has 0 saturated carbocycles. The maximum absolute atomic E-state index is 4.32. The molecule has 0 aliphatic carbocycles. The van der Waals surface area contributed by atoms with E-state index in [4.69, 9.17) is 0 Å². The van der Waals surface area contributed by atoms with Gasteiger partial charge in [0.1, 0.15) is 0 Å². The van der Waals surface area contributed by atoms with Gasteiger partial charge in [-0.25, -0.2) is 0 Å². The number of hydrogen-bond acceptors (Lipinski definition) is 3. The Balaban J connectivity index is 1.56. The summed E-state index contributed by atoms with van der Waals surface area (Å²) in [7, 11) is 3.94. The number of unbranched alkanes of at least 4 members (excludes halogenated alkanes) is 1. The SMILES string of the molecule is CN=C(NCCCCN(C)c1ccccc1)NCCc1ccccn1. The minimum atomic E-state index is 0.827. The Kier molecular flexibility index (Phi) is 8.32. The molecule has 0 atom stereocenters. The summed E-state index contributed by atoms with van der Waals surface area (Å²) in [5, 5.41) is 6.70. The Hall–Kier alpha value is -2.56. The molecular weight excluding hydrogens is 310 g/mol. The molecule has 2 N–H and O–H groups in total.